The normalized spacial score (nSPS) is 43.9. The predicted molar refractivity (Wildman–Crippen MR) is 153 cm³/mol. The van der Waals surface area contributed by atoms with E-state index in [2.05, 4.69) is 58.6 Å². The fourth-order valence-corrected chi connectivity index (χ4v) is 11.0. The van der Waals surface area contributed by atoms with E-state index in [0.717, 1.165) is 56.5 Å². The Hall–Kier alpha value is -1.16. The second kappa shape index (κ2) is 10.4. The molecule has 0 bridgehead atoms. The van der Waals surface area contributed by atoms with Gasteiger partial charge in [0.2, 0.25) is 5.91 Å². The van der Waals surface area contributed by atoms with Crippen molar-refractivity contribution in [1.82, 2.24) is 10.2 Å². The van der Waals surface area contributed by atoms with Gasteiger partial charge in [0, 0.05) is 24.9 Å². The zero-order valence-electron chi connectivity index (χ0n) is 25.1. The van der Waals surface area contributed by atoms with Gasteiger partial charge in [-0.15, -0.1) is 6.58 Å². The summed E-state index contributed by atoms with van der Waals surface area (Å²) < 4.78 is 0. The van der Waals surface area contributed by atoms with Crippen molar-refractivity contribution < 1.29 is 9.59 Å². The van der Waals surface area contributed by atoms with Crippen molar-refractivity contribution in [2.75, 3.05) is 27.2 Å². The van der Waals surface area contributed by atoms with Gasteiger partial charge in [-0.1, -0.05) is 40.2 Å². The summed E-state index contributed by atoms with van der Waals surface area (Å²) in [6.45, 7) is 16.6. The molecule has 0 aliphatic heterocycles. The molecule has 0 aromatic rings. The molecule has 5 rings (SSSR count). The minimum atomic E-state index is -0.164. The lowest BCUT2D eigenvalue weighted by atomic mass is 9.36. The number of ketones is 1. The molecule has 0 heterocycles. The molecule has 5 saturated carbocycles. The molecule has 210 valence electrons. The average molecular weight is 513 g/mol. The number of nitrogens with one attached hydrogen (secondary N) is 1. The number of nitrogens with zero attached hydrogens (tertiary/aromatic N) is 1. The predicted octanol–water partition coefficient (Wildman–Crippen LogP) is 6.89. The lowest BCUT2D eigenvalue weighted by Crippen LogP contribution is -2.63. The van der Waals surface area contributed by atoms with Crippen LogP contribution in [0.15, 0.2) is 12.7 Å². The Morgan fingerprint density at radius 3 is 2.32 bits per heavy atom. The van der Waals surface area contributed by atoms with Crippen molar-refractivity contribution in [2.24, 2.45) is 51.2 Å². The highest BCUT2D eigenvalue weighted by Gasteiger charge is 2.67. The van der Waals surface area contributed by atoms with Crippen LogP contribution in [-0.2, 0) is 9.59 Å². The van der Waals surface area contributed by atoms with Crippen molar-refractivity contribution >= 4 is 11.7 Å². The van der Waals surface area contributed by atoms with Gasteiger partial charge < -0.3 is 10.2 Å². The standard InChI is InChI=1S/C30H50N2O2.C3H6/c1-27(2)23-12-15-28(3)21-11-17-30(26(34)31-18-19-32(5)6)14-7-8-22(30)20(21)9-10-24(28)29(23,4)16-13-25(27)33;1-3-2/h20-24H,7-19H2,1-6H3,(H,31,34);3H,1H2,2H3. The zero-order chi connectivity index (χ0) is 27.2. The van der Waals surface area contributed by atoms with Crippen molar-refractivity contribution in [1.29, 1.82) is 0 Å². The van der Waals surface area contributed by atoms with E-state index in [1.165, 1.54) is 44.9 Å². The second-order valence-corrected chi connectivity index (χ2v) is 14.8. The molecule has 8 unspecified atom stereocenters. The van der Waals surface area contributed by atoms with Gasteiger partial charge >= 0.3 is 0 Å². The number of rotatable bonds is 4. The monoisotopic (exact) mass is 512 g/mol. The molecule has 0 radical (unpaired) electrons. The van der Waals surface area contributed by atoms with Crippen LogP contribution in [0.1, 0.15) is 105 Å². The molecule has 1 amide bonds. The largest absolute Gasteiger partial charge is 0.354 e. The average Bonchev–Trinajstić information content (AvgIpc) is 3.28. The van der Waals surface area contributed by atoms with Gasteiger partial charge in [0.25, 0.3) is 0 Å². The molecular weight excluding hydrogens is 456 g/mol. The maximum absolute atomic E-state index is 13.6. The number of hydrogen-bond donors (Lipinski definition) is 1. The summed E-state index contributed by atoms with van der Waals surface area (Å²) in [6, 6.07) is 0. The van der Waals surface area contributed by atoms with Crippen molar-refractivity contribution in [3.63, 3.8) is 0 Å². The zero-order valence-corrected chi connectivity index (χ0v) is 25.1. The van der Waals surface area contributed by atoms with E-state index in [4.69, 9.17) is 0 Å². The van der Waals surface area contributed by atoms with Crippen LogP contribution in [0.3, 0.4) is 0 Å². The first-order chi connectivity index (χ1) is 17.4. The first-order valence-electron chi connectivity index (χ1n) is 15.4. The lowest BCUT2D eigenvalue weighted by molar-refractivity contribution is -0.197. The number of carbonyl (C=O) groups excluding carboxylic acids is 2. The fraction of sp³-hybridized carbons (Fsp3) is 0.879. The number of Topliss-reactive ketones (excluding diaryl/α,β-unsaturated/α-hetero) is 1. The molecular formula is C33H56N2O2. The Morgan fingerprint density at radius 1 is 0.946 bits per heavy atom. The van der Waals surface area contributed by atoms with Crippen LogP contribution in [0.25, 0.3) is 0 Å². The first-order valence-corrected chi connectivity index (χ1v) is 15.4. The number of hydrogen-bond acceptors (Lipinski definition) is 3. The Kier molecular flexibility index (Phi) is 8.13. The number of allylic oxidation sites excluding steroid dienone is 1. The number of amides is 1. The number of likely N-dealkylation sites (N-methyl/N-ethyl adjacent to an activating group) is 1. The van der Waals surface area contributed by atoms with Gasteiger partial charge in [-0.3, -0.25) is 9.59 Å². The highest BCUT2D eigenvalue weighted by atomic mass is 16.2. The third-order valence-electron chi connectivity index (χ3n) is 12.6. The number of fused-ring (bicyclic) bond motifs is 7. The van der Waals surface area contributed by atoms with E-state index < -0.39 is 0 Å². The summed E-state index contributed by atoms with van der Waals surface area (Å²) in [5, 5.41) is 3.35. The van der Waals surface area contributed by atoms with Gasteiger partial charge in [-0.25, -0.2) is 0 Å². The number of carbonyl (C=O) groups is 2. The van der Waals surface area contributed by atoms with Crippen molar-refractivity contribution in [2.45, 2.75) is 105 Å². The Labute approximate surface area is 227 Å². The van der Waals surface area contributed by atoms with Crippen LogP contribution in [0, 0.1) is 51.2 Å². The molecule has 4 nitrogen and oxygen atoms in total. The summed E-state index contributed by atoms with van der Waals surface area (Å²) in [4.78, 5) is 28.6. The van der Waals surface area contributed by atoms with Crippen molar-refractivity contribution in [3.8, 4) is 0 Å². The van der Waals surface area contributed by atoms with E-state index in [-0.39, 0.29) is 10.8 Å². The quantitative estimate of drug-likeness (QED) is 0.417. The molecule has 37 heavy (non-hydrogen) atoms. The van der Waals surface area contributed by atoms with Crippen LogP contribution >= 0.6 is 0 Å². The minimum Gasteiger partial charge on any atom is -0.354 e. The smallest absolute Gasteiger partial charge is 0.226 e. The Balaban J connectivity index is 0.00000102. The summed E-state index contributed by atoms with van der Waals surface area (Å²) in [7, 11) is 4.15. The third kappa shape index (κ3) is 4.55. The van der Waals surface area contributed by atoms with E-state index in [0.29, 0.717) is 34.4 Å². The summed E-state index contributed by atoms with van der Waals surface area (Å²) >= 11 is 0. The molecule has 5 fully saturated rings. The molecule has 0 spiro atoms. The van der Waals surface area contributed by atoms with Crippen molar-refractivity contribution in [3.05, 3.63) is 12.7 Å². The van der Waals surface area contributed by atoms with Crippen LogP contribution in [-0.4, -0.2) is 43.8 Å². The maximum Gasteiger partial charge on any atom is 0.226 e. The minimum absolute atomic E-state index is 0.100. The van der Waals surface area contributed by atoms with E-state index in [1.54, 1.807) is 6.08 Å². The molecule has 5 aliphatic carbocycles. The topological polar surface area (TPSA) is 49.4 Å². The molecule has 1 N–H and O–H groups in total. The SMILES string of the molecule is C=CC.CN(C)CCNC(=O)C12CCCC1C1CCC3C(C)(CCC4C(C)(C)C(=O)CCC43C)C1CC2. The van der Waals surface area contributed by atoms with E-state index >= 15 is 0 Å². The molecule has 0 aromatic carbocycles. The van der Waals surface area contributed by atoms with Gasteiger partial charge in [0.1, 0.15) is 5.78 Å². The summed E-state index contributed by atoms with van der Waals surface area (Å²) in [5.41, 5.74) is 0.407. The Morgan fingerprint density at radius 2 is 1.65 bits per heavy atom. The summed E-state index contributed by atoms with van der Waals surface area (Å²) in [5.74, 6) is 4.19. The molecule has 0 saturated heterocycles. The fourth-order valence-electron chi connectivity index (χ4n) is 11.0. The summed E-state index contributed by atoms with van der Waals surface area (Å²) in [6.07, 6.45) is 14.6. The first kappa shape index (κ1) is 28.8. The molecule has 8 atom stereocenters. The molecule has 0 aromatic heterocycles. The van der Waals surface area contributed by atoms with Gasteiger partial charge in [0.05, 0.1) is 5.41 Å². The Bertz CT molecular complexity index is 880. The second-order valence-electron chi connectivity index (χ2n) is 14.8. The van der Waals surface area contributed by atoms with E-state index in [1.807, 2.05) is 6.92 Å². The van der Waals surface area contributed by atoms with Gasteiger partial charge in [-0.05, 0) is 119 Å². The molecule has 4 heteroatoms. The van der Waals surface area contributed by atoms with E-state index in [9.17, 15) is 9.59 Å². The van der Waals surface area contributed by atoms with Gasteiger partial charge in [-0.2, -0.15) is 0 Å². The maximum atomic E-state index is 13.6. The third-order valence-corrected chi connectivity index (χ3v) is 12.6. The molecule has 5 aliphatic rings. The van der Waals surface area contributed by atoms with Crippen LogP contribution in [0.2, 0.25) is 0 Å². The van der Waals surface area contributed by atoms with Crippen LogP contribution in [0.5, 0.6) is 0 Å². The van der Waals surface area contributed by atoms with Crippen LogP contribution < -0.4 is 5.32 Å². The van der Waals surface area contributed by atoms with Gasteiger partial charge in [0.15, 0.2) is 0 Å². The highest BCUT2D eigenvalue weighted by Crippen LogP contribution is 2.72. The highest BCUT2D eigenvalue weighted by molar-refractivity contribution is 5.85. The van der Waals surface area contributed by atoms with Crippen LogP contribution in [0.4, 0.5) is 0 Å². The lowest BCUT2D eigenvalue weighted by Gasteiger charge is -2.68.